The molecular weight excluding hydrogens is 232 g/mol. The van der Waals surface area contributed by atoms with Crippen molar-refractivity contribution in [2.45, 2.75) is 12.0 Å². The molecule has 2 aromatic carbocycles. The molecule has 2 heteroatoms. The molecule has 0 unspecified atom stereocenters. The highest BCUT2D eigenvalue weighted by molar-refractivity contribution is 5.39. The van der Waals surface area contributed by atoms with Gasteiger partial charge in [0.05, 0.1) is 18.0 Å². The lowest BCUT2D eigenvalue weighted by Crippen LogP contribution is -2.42. The molecule has 0 amide bonds. The summed E-state index contributed by atoms with van der Waals surface area (Å²) in [6.07, 6.45) is 0.425. The van der Waals surface area contributed by atoms with E-state index in [-0.39, 0.29) is 0 Å². The average Bonchev–Trinajstić information content (AvgIpc) is 2.46. The van der Waals surface area contributed by atoms with E-state index in [9.17, 15) is 5.26 Å². The maximum absolute atomic E-state index is 9.30. The molecule has 0 bridgehead atoms. The van der Waals surface area contributed by atoms with Gasteiger partial charge in [-0.15, -0.1) is 0 Å². The van der Waals surface area contributed by atoms with Crippen LogP contribution in [0.15, 0.2) is 60.7 Å². The van der Waals surface area contributed by atoms with Crippen LogP contribution < -0.4 is 0 Å². The third-order valence-electron chi connectivity index (χ3n) is 3.60. The van der Waals surface area contributed by atoms with Gasteiger partial charge in [0.25, 0.3) is 0 Å². The summed E-state index contributed by atoms with van der Waals surface area (Å²) >= 11 is 0. The highest BCUT2D eigenvalue weighted by Gasteiger charge is 2.36. The van der Waals surface area contributed by atoms with Gasteiger partial charge in [-0.1, -0.05) is 60.7 Å². The van der Waals surface area contributed by atoms with Gasteiger partial charge in [-0.3, -0.25) is 4.90 Å². The van der Waals surface area contributed by atoms with E-state index in [0.29, 0.717) is 6.42 Å². The SMILES string of the molecule is CN(C)C(CC#N)(c1ccccc1)c1ccccc1. The fraction of sp³-hybridized carbons (Fsp3) is 0.235. The van der Waals surface area contributed by atoms with Gasteiger partial charge in [-0.05, 0) is 25.2 Å². The van der Waals surface area contributed by atoms with Gasteiger partial charge < -0.3 is 0 Å². The summed E-state index contributed by atoms with van der Waals surface area (Å²) in [5.74, 6) is 0. The molecule has 0 aliphatic heterocycles. The number of benzene rings is 2. The van der Waals surface area contributed by atoms with Gasteiger partial charge in [0.1, 0.15) is 0 Å². The summed E-state index contributed by atoms with van der Waals surface area (Å²) in [7, 11) is 4.05. The van der Waals surface area contributed by atoms with Crippen molar-refractivity contribution in [3.05, 3.63) is 71.8 Å². The van der Waals surface area contributed by atoms with Crippen LogP contribution in [-0.4, -0.2) is 19.0 Å². The Hall–Kier alpha value is -2.11. The van der Waals surface area contributed by atoms with E-state index in [2.05, 4.69) is 35.2 Å². The molecule has 0 aliphatic carbocycles. The van der Waals surface area contributed by atoms with Crippen LogP contribution in [0.2, 0.25) is 0 Å². The van der Waals surface area contributed by atoms with E-state index in [4.69, 9.17) is 0 Å². The molecular formula is C17H18N2. The Morgan fingerprint density at radius 2 is 1.32 bits per heavy atom. The molecule has 19 heavy (non-hydrogen) atoms. The quantitative estimate of drug-likeness (QED) is 0.831. The van der Waals surface area contributed by atoms with Crippen LogP contribution in [0.1, 0.15) is 17.5 Å². The maximum atomic E-state index is 9.30. The molecule has 2 aromatic rings. The third-order valence-corrected chi connectivity index (χ3v) is 3.60. The van der Waals surface area contributed by atoms with Crippen molar-refractivity contribution in [2.24, 2.45) is 0 Å². The van der Waals surface area contributed by atoms with Gasteiger partial charge in [0.2, 0.25) is 0 Å². The second-order valence-corrected chi connectivity index (χ2v) is 4.82. The monoisotopic (exact) mass is 250 g/mol. The fourth-order valence-electron chi connectivity index (χ4n) is 2.59. The zero-order valence-corrected chi connectivity index (χ0v) is 11.4. The van der Waals surface area contributed by atoms with Crippen molar-refractivity contribution in [3.63, 3.8) is 0 Å². The van der Waals surface area contributed by atoms with Crippen molar-refractivity contribution in [3.8, 4) is 6.07 Å². The smallest absolute Gasteiger partial charge is 0.0842 e. The molecule has 0 radical (unpaired) electrons. The number of hydrogen-bond donors (Lipinski definition) is 0. The Bertz CT molecular complexity index is 513. The number of hydrogen-bond acceptors (Lipinski definition) is 2. The Balaban J connectivity index is 2.65. The minimum atomic E-state index is -0.392. The zero-order valence-electron chi connectivity index (χ0n) is 11.4. The van der Waals surface area contributed by atoms with Crippen molar-refractivity contribution < 1.29 is 0 Å². The van der Waals surface area contributed by atoms with E-state index < -0.39 is 5.54 Å². The first-order valence-electron chi connectivity index (χ1n) is 6.37. The van der Waals surface area contributed by atoms with E-state index in [1.807, 2.05) is 50.5 Å². The lowest BCUT2D eigenvalue weighted by molar-refractivity contribution is 0.204. The van der Waals surface area contributed by atoms with Crippen molar-refractivity contribution in [1.29, 1.82) is 5.26 Å². The van der Waals surface area contributed by atoms with Crippen LogP contribution in [0.4, 0.5) is 0 Å². The molecule has 0 N–H and O–H groups in total. The van der Waals surface area contributed by atoms with Gasteiger partial charge in [0.15, 0.2) is 0 Å². The third kappa shape index (κ3) is 2.38. The van der Waals surface area contributed by atoms with Gasteiger partial charge >= 0.3 is 0 Å². The second kappa shape index (κ2) is 5.69. The molecule has 2 nitrogen and oxygen atoms in total. The van der Waals surface area contributed by atoms with E-state index >= 15 is 0 Å². The number of nitriles is 1. The Kier molecular flexibility index (Phi) is 3.99. The summed E-state index contributed by atoms with van der Waals surface area (Å²) in [4.78, 5) is 2.13. The first-order chi connectivity index (χ1) is 9.21. The first-order valence-corrected chi connectivity index (χ1v) is 6.37. The minimum Gasteiger partial charge on any atom is -0.295 e. The summed E-state index contributed by atoms with van der Waals surface area (Å²) < 4.78 is 0. The normalized spacial score (nSPS) is 11.3. The molecule has 96 valence electrons. The van der Waals surface area contributed by atoms with Crippen LogP contribution in [0.3, 0.4) is 0 Å². The summed E-state index contributed by atoms with van der Waals surface area (Å²) in [6, 6.07) is 22.8. The standard InChI is InChI=1S/C17H18N2/c1-19(2)17(13-14-18,15-9-5-3-6-10-15)16-11-7-4-8-12-16/h3-12H,13H2,1-2H3. The van der Waals surface area contributed by atoms with Crippen LogP contribution >= 0.6 is 0 Å². The molecule has 0 heterocycles. The lowest BCUT2D eigenvalue weighted by atomic mass is 9.79. The van der Waals surface area contributed by atoms with Gasteiger partial charge in [-0.25, -0.2) is 0 Å². The predicted molar refractivity (Wildman–Crippen MR) is 77.6 cm³/mol. The van der Waals surface area contributed by atoms with Crippen LogP contribution in [0, 0.1) is 11.3 Å². The second-order valence-electron chi connectivity index (χ2n) is 4.82. The largest absolute Gasteiger partial charge is 0.295 e. The van der Waals surface area contributed by atoms with Gasteiger partial charge in [-0.2, -0.15) is 5.26 Å². The molecule has 0 aliphatic rings. The molecule has 0 atom stereocenters. The Labute approximate surface area is 114 Å². The highest BCUT2D eigenvalue weighted by Crippen LogP contribution is 2.37. The van der Waals surface area contributed by atoms with Crippen molar-refractivity contribution >= 4 is 0 Å². The molecule has 0 saturated carbocycles. The Morgan fingerprint density at radius 3 is 1.63 bits per heavy atom. The maximum Gasteiger partial charge on any atom is 0.0842 e. The zero-order chi connectivity index (χ0) is 13.7. The van der Waals surface area contributed by atoms with Crippen molar-refractivity contribution in [2.75, 3.05) is 14.1 Å². The topological polar surface area (TPSA) is 27.0 Å². The van der Waals surface area contributed by atoms with E-state index in [1.165, 1.54) is 0 Å². The summed E-state index contributed by atoms with van der Waals surface area (Å²) in [5.41, 5.74) is 1.90. The lowest BCUT2D eigenvalue weighted by Gasteiger charge is -2.39. The van der Waals surface area contributed by atoms with Crippen LogP contribution in [0.25, 0.3) is 0 Å². The molecule has 2 rings (SSSR count). The van der Waals surface area contributed by atoms with Crippen molar-refractivity contribution in [1.82, 2.24) is 4.90 Å². The molecule has 0 spiro atoms. The molecule has 0 saturated heterocycles. The average molecular weight is 250 g/mol. The minimum absolute atomic E-state index is 0.392. The van der Waals surface area contributed by atoms with E-state index in [1.54, 1.807) is 0 Å². The summed E-state index contributed by atoms with van der Waals surface area (Å²) in [6.45, 7) is 0. The van der Waals surface area contributed by atoms with E-state index in [0.717, 1.165) is 11.1 Å². The fourth-order valence-corrected chi connectivity index (χ4v) is 2.59. The Morgan fingerprint density at radius 1 is 0.895 bits per heavy atom. The molecule has 0 aromatic heterocycles. The van der Waals surface area contributed by atoms with Gasteiger partial charge in [0, 0.05) is 0 Å². The number of rotatable bonds is 4. The van der Waals surface area contributed by atoms with Crippen LogP contribution in [-0.2, 0) is 5.54 Å². The molecule has 0 fully saturated rings. The predicted octanol–water partition coefficient (Wildman–Crippen LogP) is 3.41. The summed E-state index contributed by atoms with van der Waals surface area (Å²) in [5, 5.41) is 9.30. The van der Waals surface area contributed by atoms with Crippen LogP contribution in [0.5, 0.6) is 0 Å². The highest BCUT2D eigenvalue weighted by atomic mass is 15.1. The first kappa shape index (κ1) is 13.3. The number of nitrogens with zero attached hydrogens (tertiary/aromatic N) is 2.